The lowest BCUT2D eigenvalue weighted by molar-refractivity contribution is -0.137. The van der Waals surface area contributed by atoms with Gasteiger partial charge in [-0.05, 0) is 12.1 Å². The van der Waals surface area contributed by atoms with Gasteiger partial charge >= 0.3 is 11.9 Å². The lowest BCUT2D eigenvalue weighted by Gasteiger charge is -2.11. The number of anilines is 1. The van der Waals surface area contributed by atoms with Crippen LogP contribution in [-0.4, -0.2) is 25.7 Å². The molecule has 2 aromatic heterocycles. The van der Waals surface area contributed by atoms with Crippen molar-refractivity contribution in [1.82, 2.24) is 14.1 Å². The molecule has 0 spiro atoms. The molecular weight excluding hydrogens is 503 g/mol. The molecule has 0 saturated heterocycles. The standard InChI is InChI=1S/C19H15ClF3N5O3S2/c1-27-15(30)14(16(32)28(2)18(27)31)11(24)6-13(29)26-17-25-12(7-33-17)8-3-4-10(20)9(5-8)19(21,22)23/h3-5,7,24,32H,6H2,1-2H3,(H,25,26,29). The molecule has 1 amide bonds. The van der Waals surface area contributed by atoms with Crippen LogP contribution in [0.5, 0.6) is 0 Å². The summed E-state index contributed by atoms with van der Waals surface area (Å²) in [6.45, 7) is 0. The van der Waals surface area contributed by atoms with Crippen LogP contribution in [0.25, 0.3) is 11.3 Å². The van der Waals surface area contributed by atoms with Gasteiger partial charge in [0.05, 0.1) is 39.0 Å². The minimum Gasteiger partial charge on any atom is -0.304 e. The first-order valence-electron chi connectivity index (χ1n) is 9.00. The van der Waals surface area contributed by atoms with Crippen LogP contribution in [-0.2, 0) is 25.1 Å². The van der Waals surface area contributed by atoms with Gasteiger partial charge in [0.25, 0.3) is 5.56 Å². The van der Waals surface area contributed by atoms with Crippen molar-refractivity contribution >= 4 is 52.3 Å². The zero-order chi connectivity index (χ0) is 24.7. The fourth-order valence-electron chi connectivity index (χ4n) is 2.88. The predicted octanol–water partition coefficient (Wildman–Crippen LogP) is 3.57. The molecule has 14 heteroatoms. The van der Waals surface area contributed by atoms with Crippen LogP contribution in [0.15, 0.2) is 38.2 Å². The molecule has 2 N–H and O–H groups in total. The van der Waals surface area contributed by atoms with Gasteiger partial charge in [-0.25, -0.2) is 9.78 Å². The monoisotopic (exact) mass is 517 g/mol. The van der Waals surface area contributed by atoms with Crippen molar-refractivity contribution in [2.24, 2.45) is 14.1 Å². The summed E-state index contributed by atoms with van der Waals surface area (Å²) in [5.41, 5.74) is -2.61. The Kier molecular flexibility index (Phi) is 6.86. The SMILES string of the molecule is Cn1c(S)c(C(=N)CC(=O)Nc2nc(-c3ccc(Cl)c(C(F)(F)F)c3)cs2)c(=O)n(C)c1=O. The van der Waals surface area contributed by atoms with Gasteiger partial charge in [0.2, 0.25) is 5.91 Å². The molecule has 3 rings (SSSR count). The molecule has 0 unspecified atom stereocenters. The Bertz CT molecular complexity index is 1390. The van der Waals surface area contributed by atoms with E-state index in [-0.39, 0.29) is 32.7 Å². The van der Waals surface area contributed by atoms with E-state index in [2.05, 4.69) is 22.9 Å². The summed E-state index contributed by atoms with van der Waals surface area (Å²) in [6, 6.07) is 3.35. The van der Waals surface area contributed by atoms with Crippen LogP contribution in [0.2, 0.25) is 5.02 Å². The molecule has 174 valence electrons. The third-order valence-electron chi connectivity index (χ3n) is 4.59. The number of alkyl halides is 3. The lowest BCUT2D eigenvalue weighted by Crippen LogP contribution is -2.41. The number of aromatic nitrogens is 3. The fourth-order valence-corrected chi connectivity index (χ4v) is 4.15. The summed E-state index contributed by atoms with van der Waals surface area (Å²) in [5.74, 6) is -0.684. The summed E-state index contributed by atoms with van der Waals surface area (Å²) in [6.07, 6.45) is -5.15. The number of thiol groups is 1. The molecule has 8 nitrogen and oxygen atoms in total. The summed E-state index contributed by atoms with van der Waals surface area (Å²) in [5, 5.41) is 11.6. The van der Waals surface area contributed by atoms with Gasteiger partial charge in [-0.3, -0.25) is 18.7 Å². The van der Waals surface area contributed by atoms with E-state index < -0.39 is 40.3 Å². The molecule has 2 heterocycles. The van der Waals surface area contributed by atoms with Crippen LogP contribution in [0.3, 0.4) is 0 Å². The smallest absolute Gasteiger partial charge is 0.304 e. The zero-order valence-electron chi connectivity index (χ0n) is 17.0. The van der Waals surface area contributed by atoms with Crippen LogP contribution >= 0.6 is 35.6 Å². The average molecular weight is 518 g/mol. The number of nitrogens with zero attached hydrogens (tertiary/aromatic N) is 3. The normalized spacial score (nSPS) is 11.5. The van der Waals surface area contributed by atoms with Gasteiger partial charge in [0.15, 0.2) is 5.13 Å². The fraction of sp³-hybridized carbons (Fsp3) is 0.211. The van der Waals surface area contributed by atoms with Gasteiger partial charge < -0.3 is 10.7 Å². The van der Waals surface area contributed by atoms with Crippen molar-refractivity contribution in [2.45, 2.75) is 17.6 Å². The highest BCUT2D eigenvalue weighted by atomic mass is 35.5. The van der Waals surface area contributed by atoms with Gasteiger partial charge in [-0.2, -0.15) is 13.2 Å². The van der Waals surface area contributed by atoms with E-state index in [9.17, 15) is 27.6 Å². The number of rotatable bonds is 5. The topological polar surface area (TPSA) is 110 Å². The molecule has 0 aliphatic rings. The highest BCUT2D eigenvalue weighted by Crippen LogP contribution is 2.37. The Balaban J connectivity index is 1.79. The lowest BCUT2D eigenvalue weighted by atomic mass is 10.1. The first kappa shape index (κ1) is 24.7. The van der Waals surface area contributed by atoms with E-state index in [0.717, 1.165) is 32.6 Å². The van der Waals surface area contributed by atoms with E-state index in [0.29, 0.717) is 0 Å². The van der Waals surface area contributed by atoms with Gasteiger partial charge in [-0.15, -0.1) is 24.0 Å². The molecule has 3 aromatic rings. The first-order valence-corrected chi connectivity index (χ1v) is 10.7. The molecular formula is C19H15ClF3N5O3S2. The molecule has 0 radical (unpaired) electrons. The number of hydrogen-bond donors (Lipinski definition) is 3. The van der Waals surface area contributed by atoms with Crippen LogP contribution < -0.4 is 16.6 Å². The summed E-state index contributed by atoms with van der Waals surface area (Å²) in [7, 11) is 2.62. The molecule has 0 aliphatic carbocycles. The number of hydrogen-bond acceptors (Lipinski definition) is 7. The number of carbonyl (C=O) groups is 1. The summed E-state index contributed by atoms with van der Waals surface area (Å²) >= 11 is 10.7. The highest BCUT2D eigenvalue weighted by molar-refractivity contribution is 7.80. The maximum absolute atomic E-state index is 13.1. The van der Waals surface area contributed by atoms with Crippen molar-refractivity contribution in [1.29, 1.82) is 5.41 Å². The second-order valence-corrected chi connectivity index (χ2v) is 8.53. The number of halogens is 4. The number of nitrogens with one attached hydrogen (secondary N) is 2. The van der Waals surface area contributed by atoms with Crippen LogP contribution in [0.4, 0.5) is 18.3 Å². The third kappa shape index (κ3) is 5.04. The van der Waals surface area contributed by atoms with E-state index in [1.807, 2.05) is 0 Å². The minimum absolute atomic E-state index is 0.0550. The Hall–Kier alpha value is -2.90. The maximum atomic E-state index is 13.1. The van der Waals surface area contributed by atoms with Crippen molar-refractivity contribution in [2.75, 3.05) is 5.32 Å². The molecule has 0 aliphatic heterocycles. The molecule has 1 aromatic carbocycles. The first-order chi connectivity index (χ1) is 15.3. The quantitative estimate of drug-likeness (QED) is 0.273. The Morgan fingerprint density at radius 1 is 1.27 bits per heavy atom. The number of amides is 1. The highest BCUT2D eigenvalue weighted by Gasteiger charge is 2.33. The molecule has 0 fully saturated rings. The Morgan fingerprint density at radius 2 is 1.94 bits per heavy atom. The largest absolute Gasteiger partial charge is 0.417 e. The van der Waals surface area contributed by atoms with Crippen molar-refractivity contribution in [3.8, 4) is 11.3 Å². The zero-order valence-corrected chi connectivity index (χ0v) is 19.4. The number of benzene rings is 1. The molecule has 0 atom stereocenters. The summed E-state index contributed by atoms with van der Waals surface area (Å²) in [4.78, 5) is 40.8. The predicted molar refractivity (Wildman–Crippen MR) is 122 cm³/mol. The van der Waals surface area contributed by atoms with E-state index in [1.54, 1.807) is 0 Å². The van der Waals surface area contributed by atoms with Gasteiger partial charge in [0, 0.05) is 25.0 Å². The molecule has 0 saturated carbocycles. The van der Waals surface area contributed by atoms with Gasteiger partial charge in [-0.1, -0.05) is 17.7 Å². The van der Waals surface area contributed by atoms with Crippen molar-refractivity contribution in [3.05, 3.63) is 60.6 Å². The average Bonchev–Trinajstić information content (AvgIpc) is 3.18. The second-order valence-electron chi connectivity index (χ2n) is 6.84. The van der Waals surface area contributed by atoms with Crippen LogP contribution in [0.1, 0.15) is 17.5 Å². The molecule has 0 bridgehead atoms. The van der Waals surface area contributed by atoms with E-state index in [1.165, 1.54) is 25.5 Å². The number of thiazole rings is 1. The second kappa shape index (κ2) is 9.15. The van der Waals surface area contributed by atoms with E-state index >= 15 is 0 Å². The van der Waals surface area contributed by atoms with Crippen molar-refractivity contribution in [3.63, 3.8) is 0 Å². The maximum Gasteiger partial charge on any atom is 0.417 e. The Labute approximate surface area is 198 Å². The van der Waals surface area contributed by atoms with Gasteiger partial charge in [0.1, 0.15) is 0 Å². The van der Waals surface area contributed by atoms with Crippen LogP contribution in [0, 0.1) is 5.41 Å². The van der Waals surface area contributed by atoms with Crippen molar-refractivity contribution < 1.29 is 18.0 Å². The molecule has 33 heavy (non-hydrogen) atoms. The third-order valence-corrected chi connectivity index (χ3v) is 6.20. The summed E-state index contributed by atoms with van der Waals surface area (Å²) < 4.78 is 41.1. The number of carbonyl (C=O) groups excluding carboxylic acids is 1. The Morgan fingerprint density at radius 3 is 2.58 bits per heavy atom. The minimum atomic E-state index is -4.63. The van der Waals surface area contributed by atoms with E-state index in [4.69, 9.17) is 17.0 Å².